The van der Waals surface area contributed by atoms with Gasteiger partial charge in [0.15, 0.2) is 0 Å². The monoisotopic (exact) mass is 496 g/mol. The van der Waals surface area contributed by atoms with Gasteiger partial charge in [-0.25, -0.2) is 4.98 Å². The van der Waals surface area contributed by atoms with Gasteiger partial charge in [-0.05, 0) is 42.3 Å². The highest BCUT2D eigenvalue weighted by molar-refractivity contribution is 8.26. The molecule has 1 N–H and O–H groups in total. The maximum Gasteiger partial charge on any atom is 0.267 e. The van der Waals surface area contributed by atoms with Gasteiger partial charge in [0, 0.05) is 19.9 Å². The van der Waals surface area contributed by atoms with Gasteiger partial charge in [0.05, 0.1) is 30.7 Å². The van der Waals surface area contributed by atoms with Gasteiger partial charge in [-0.1, -0.05) is 42.2 Å². The summed E-state index contributed by atoms with van der Waals surface area (Å²) in [5.74, 6) is 0.914. The van der Waals surface area contributed by atoms with Crippen LogP contribution in [-0.2, 0) is 16.1 Å². The molecule has 1 amide bonds. The van der Waals surface area contributed by atoms with Crippen LogP contribution in [0.25, 0.3) is 11.7 Å². The molecule has 2 aromatic heterocycles. The Kier molecular flexibility index (Phi) is 7.30. The van der Waals surface area contributed by atoms with E-state index in [9.17, 15) is 9.59 Å². The number of thioether (sulfide) groups is 1. The second-order valence-corrected chi connectivity index (χ2v) is 9.27. The van der Waals surface area contributed by atoms with Gasteiger partial charge in [0.2, 0.25) is 0 Å². The van der Waals surface area contributed by atoms with Crippen molar-refractivity contribution in [2.75, 3.05) is 32.7 Å². The molecule has 0 spiro atoms. The molecule has 34 heavy (non-hydrogen) atoms. The molecule has 4 rings (SSSR count). The van der Waals surface area contributed by atoms with Gasteiger partial charge in [-0.2, -0.15) is 0 Å². The first-order valence-electron chi connectivity index (χ1n) is 10.6. The Balaban J connectivity index is 1.74. The van der Waals surface area contributed by atoms with Crippen molar-refractivity contribution >= 4 is 51.7 Å². The van der Waals surface area contributed by atoms with Crippen molar-refractivity contribution in [3.8, 4) is 5.75 Å². The number of nitrogens with one attached hydrogen (secondary N) is 1. The number of rotatable bonds is 8. The Morgan fingerprint density at radius 3 is 2.65 bits per heavy atom. The number of nitrogens with zero attached hydrogens (tertiary/aromatic N) is 3. The number of amides is 1. The van der Waals surface area contributed by atoms with Gasteiger partial charge in [-0.3, -0.25) is 18.9 Å². The fourth-order valence-corrected chi connectivity index (χ4v) is 4.80. The lowest BCUT2D eigenvalue weighted by molar-refractivity contribution is -0.122. The lowest BCUT2D eigenvalue weighted by Gasteiger charge is -2.13. The van der Waals surface area contributed by atoms with E-state index in [1.807, 2.05) is 37.3 Å². The van der Waals surface area contributed by atoms with Gasteiger partial charge in [0.25, 0.3) is 11.5 Å². The molecule has 0 bridgehead atoms. The lowest BCUT2D eigenvalue weighted by Crippen LogP contribution is -2.31. The average Bonchev–Trinajstić information content (AvgIpc) is 3.11. The molecule has 0 radical (unpaired) electrons. The molecule has 3 aromatic rings. The van der Waals surface area contributed by atoms with Crippen LogP contribution in [0.4, 0.5) is 5.82 Å². The minimum Gasteiger partial charge on any atom is -0.497 e. The molecule has 1 aliphatic rings. The Labute approximate surface area is 206 Å². The van der Waals surface area contributed by atoms with Crippen LogP contribution in [0.1, 0.15) is 16.7 Å². The number of fused-ring (bicyclic) bond motifs is 1. The Morgan fingerprint density at radius 1 is 1.18 bits per heavy atom. The van der Waals surface area contributed by atoms with E-state index in [0.29, 0.717) is 46.0 Å². The molecule has 1 aliphatic heterocycles. The van der Waals surface area contributed by atoms with E-state index in [4.69, 9.17) is 26.7 Å². The fraction of sp³-hybridized carbons (Fsp3) is 0.250. The predicted molar refractivity (Wildman–Crippen MR) is 138 cm³/mol. The highest BCUT2D eigenvalue weighted by Crippen LogP contribution is 2.33. The van der Waals surface area contributed by atoms with Gasteiger partial charge in [-0.15, -0.1) is 0 Å². The number of carbonyl (C=O) groups is 1. The second kappa shape index (κ2) is 10.4. The number of hydrogen-bond acceptors (Lipinski definition) is 8. The first-order chi connectivity index (χ1) is 16.4. The molecule has 1 fully saturated rings. The number of carbonyl (C=O) groups excluding carboxylic acids is 1. The zero-order valence-electron chi connectivity index (χ0n) is 19.0. The van der Waals surface area contributed by atoms with Crippen LogP contribution in [0.3, 0.4) is 0 Å². The molecule has 3 heterocycles. The van der Waals surface area contributed by atoms with Gasteiger partial charge < -0.3 is 14.8 Å². The highest BCUT2D eigenvalue weighted by Gasteiger charge is 2.32. The van der Waals surface area contributed by atoms with Gasteiger partial charge in [0.1, 0.15) is 21.5 Å². The lowest BCUT2D eigenvalue weighted by atomic mass is 10.2. The van der Waals surface area contributed by atoms with Crippen LogP contribution in [-0.4, -0.2) is 51.9 Å². The molecule has 1 saturated heterocycles. The van der Waals surface area contributed by atoms with Crippen LogP contribution >= 0.6 is 24.0 Å². The summed E-state index contributed by atoms with van der Waals surface area (Å²) in [6, 6.07) is 11.3. The Hall–Kier alpha value is -3.21. The van der Waals surface area contributed by atoms with E-state index >= 15 is 0 Å². The molecular formula is C24H24N4O4S2. The van der Waals surface area contributed by atoms with Crippen molar-refractivity contribution in [3.05, 3.63) is 74.5 Å². The van der Waals surface area contributed by atoms with E-state index in [1.165, 1.54) is 21.1 Å². The maximum absolute atomic E-state index is 13.5. The molecule has 0 saturated carbocycles. The first kappa shape index (κ1) is 23.9. The standard InChI is InChI=1S/C24H24N4O4S2/c1-15-5-4-10-27-21(15)26-20(25-14-16-6-8-17(32-3)9-7-16)18(22(27)29)13-19-23(30)28(11-12-31-2)24(33)34-19/h4-10,13,25H,11-12,14H2,1-3H3/b19-13-. The fourth-order valence-electron chi connectivity index (χ4n) is 3.51. The minimum atomic E-state index is -0.270. The third kappa shape index (κ3) is 4.84. The number of thiocarbonyl (C=S) groups is 1. The molecule has 10 heteroatoms. The van der Waals surface area contributed by atoms with E-state index in [0.717, 1.165) is 16.9 Å². The van der Waals surface area contributed by atoms with Crippen molar-refractivity contribution in [1.82, 2.24) is 14.3 Å². The summed E-state index contributed by atoms with van der Waals surface area (Å²) in [5, 5.41) is 3.28. The normalized spacial score (nSPS) is 14.9. The second-order valence-electron chi connectivity index (χ2n) is 7.59. The summed E-state index contributed by atoms with van der Waals surface area (Å²) in [5.41, 5.74) is 2.43. The topological polar surface area (TPSA) is 85.2 Å². The zero-order valence-corrected chi connectivity index (χ0v) is 20.7. The first-order valence-corrected chi connectivity index (χ1v) is 11.8. The SMILES string of the molecule is COCCN1C(=O)/C(=C/c2c(NCc3ccc(OC)cc3)nc3c(C)cccn3c2=O)SC1=S. The number of aromatic nitrogens is 2. The van der Waals surface area contributed by atoms with Crippen molar-refractivity contribution in [1.29, 1.82) is 0 Å². The number of methoxy groups -OCH3 is 2. The van der Waals surface area contributed by atoms with Crippen LogP contribution in [0.5, 0.6) is 5.75 Å². The molecule has 0 atom stereocenters. The smallest absolute Gasteiger partial charge is 0.267 e. The molecule has 0 aliphatic carbocycles. The summed E-state index contributed by atoms with van der Waals surface area (Å²) in [6.45, 7) is 3.06. The highest BCUT2D eigenvalue weighted by atomic mass is 32.2. The van der Waals surface area contributed by atoms with Crippen LogP contribution in [0.15, 0.2) is 52.3 Å². The predicted octanol–water partition coefficient (Wildman–Crippen LogP) is 3.47. The van der Waals surface area contributed by atoms with Crippen molar-refractivity contribution in [3.63, 3.8) is 0 Å². The summed E-state index contributed by atoms with van der Waals surface area (Å²) in [6.07, 6.45) is 3.25. The summed E-state index contributed by atoms with van der Waals surface area (Å²) < 4.78 is 12.2. The summed E-state index contributed by atoms with van der Waals surface area (Å²) in [4.78, 5) is 33.0. The van der Waals surface area contributed by atoms with E-state index in [2.05, 4.69) is 5.32 Å². The van der Waals surface area contributed by atoms with Gasteiger partial charge >= 0.3 is 0 Å². The maximum atomic E-state index is 13.5. The van der Waals surface area contributed by atoms with Crippen molar-refractivity contribution < 1.29 is 14.3 Å². The number of ether oxygens (including phenoxy) is 2. The average molecular weight is 497 g/mol. The quantitative estimate of drug-likeness (QED) is 0.375. The molecular weight excluding hydrogens is 472 g/mol. The number of aryl methyl sites for hydroxylation is 1. The molecule has 0 unspecified atom stereocenters. The van der Waals surface area contributed by atoms with E-state index in [1.54, 1.807) is 32.6 Å². The van der Waals surface area contributed by atoms with Crippen LogP contribution in [0.2, 0.25) is 0 Å². The van der Waals surface area contributed by atoms with E-state index in [-0.39, 0.29) is 11.5 Å². The molecule has 1 aromatic carbocycles. The minimum absolute atomic E-state index is 0.248. The van der Waals surface area contributed by atoms with Crippen molar-refractivity contribution in [2.45, 2.75) is 13.5 Å². The Bertz CT molecular complexity index is 1340. The van der Waals surface area contributed by atoms with Crippen molar-refractivity contribution in [2.24, 2.45) is 0 Å². The number of hydrogen-bond donors (Lipinski definition) is 1. The summed E-state index contributed by atoms with van der Waals surface area (Å²) >= 11 is 6.53. The molecule has 176 valence electrons. The van der Waals surface area contributed by atoms with E-state index < -0.39 is 0 Å². The number of pyridine rings is 1. The molecule has 8 nitrogen and oxygen atoms in total. The van der Waals surface area contributed by atoms with Crippen LogP contribution in [0, 0.1) is 6.92 Å². The third-order valence-corrected chi connectivity index (χ3v) is 6.75. The number of anilines is 1. The number of benzene rings is 1. The zero-order chi connectivity index (χ0) is 24.2. The largest absolute Gasteiger partial charge is 0.497 e. The third-order valence-electron chi connectivity index (χ3n) is 5.37. The summed E-state index contributed by atoms with van der Waals surface area (Å²) in [7, 11) is 3.18. The Morgan fingerprint density at radius 2 is 1.94 bits per heavy atom. The van der Waals surface area contributed by atoms with Crippen LogP contribution < -0.4 is 15.6 Å².